The number of hydrogen-bond acceptors (Lipinski definition) is 8. The number of oxazole rings is 1. The number of thiazole rings is 1. The van der Waals surface area contributed by atoms with Crippen molar-refractivity contribution in [3.63, 3.8) is 0 Å². The Morgan fingerprint density at radius 1 is 1.22 bits per heavy atom. The van der Waals surface area contributed by atoms with Crippen LogP contribution in [-0.4, -0.2) is 39.6 Å². The molecule has 0 unspecified atom stereocenters. The van der Waals surface area contributed by atoms with Crippen molar-refractivity contribution in [1.29, 1.82) is 0 Å². The highest BCUT2D eigenvalue weighted by Crippen LogP contribution is 2.27. The second-order valence-corrected chi connectivity index (χ2v) is 8.14. The molecular weight excluding hydrogens is 438 g/mol. The molecule has 0 spiro atoms. The van der Waals surface area contributed by atoms with Gasteiger partial charge in [0, 0.05) is 0 Å². The van der Waals surface area contributed by atoms with Crippen LogP contribution in [0.25, 0.3) is 0 Å². The van der Waals surface area contributed by atoms with E-state index in [1.807, 2.05) is 32.9 Å². The number of benzene rings is 1. The fraction of sp³-hybridized carbons (Fsp3) is 0.250. The summed E-state index contributed by atoms with van der Waals surface area (Å²) in [6.45, 7) is 6.48. The molecule has 0 atom stereocenters. The van der Waals surface area contributed by atoms with Crippen LogP contribution in [-0.2, 0) is 0 Å². The van der Waals surface area contributed by atoms with E-state index < -0.39 is 17.9 Å². The number of aryl methyl sites for hydroxylation is 1. The number of ether oxygens (including phenoxy) is 1. The van der Waals surface area contributed by atoms with E-state index in [4.69, 9.17) is 14.3 Å². The zero-order valence-corrected chi connectivity index (χ0v) is 18.3. The number of carbonyl (C=O) groups excluding carboxylic acids is 2. The molecule has 0 aliphatic heterocycles. The zero-order chi connectivity index (χ0) is 23.3. The van der Waals surface area contributed by atoms with E-state index in [0.717, 1.165) is 23.2 Å². The predicted octanol–water partition coefficient (Wildman–Crippen LogP) is 4.07. The summed E-state index contributed by atoms with van der Waals surface area (Å²) in [6.07, 6.45) is 2.17. The molecule has 11 nitrogen and oxygen atoms in total. The summed E-state index contributed by atoms with van der Waals surface area (Å²) in [6, 6.07) is 4.61. The number of urea groups is 1. The lowest BCUT2D eigenvalue weighted by atomic mass is 10.2. The Balaban J connectivity index is 1.61. The van der Waals surface area contributed by atoms with Crippen LogP contribution in [0.5, 0.6) is 5.75 Å². The number of hydrogen-bond donors (Lipinski definition) is 4. The molecule has 3 aromatic rings. The van der Waals surface area contributed by atoms with E-state index in [1.165, 1.54) is 6.20 Å². The minimum Gasteiger partial charge on any atom is -0.491 e. The molecule has 168 valence electrons. The minimum atomic E-state index is -1.28. The van der Waals surface area contributed by atoms with E-state index in [1.54, 1.807) is 6.07 Å². The van der Waals surface area contributed by atoms with Crippen LogP contribution < -0.4 is 20.7 Å². The smallest absolute Gasteiger partial charge is 0.357 e. The summed E-state index contributed by atoms with van der Waals surface area (Å²) in [5, 5.41) is 16.6. The van der Waals surface area contributed by atoms with Gasteiger partial charge in [-0.05, 0) is 30.5 Å². The molecule has 4 N–H and O–H groups in total. The van der Waals surface area contributed by atoms with E-state index in [0.29, 0.717) is 24.0 Å². The monoisotopic (exact) mass is 459 g/mol. The highest BCUT2D eigenvalue weighted by molar-refractivity contribution is 7.17. The van der Waals surface area contributed by atoms with Crippen molar-refractivity contribution in [2.75, 3.05) is 22.6 Å². The Kier molecular flexibility index (Phi) is 7.05. The average molecular weight is 459 g/mol. The number of carboxylic acids is 1. The third kappa shape index (κ3) is 6.04. The van der Waals surface area contributed by atoms with Gasteiger partial charge in [-0.1, -0.05) is 31.3 Å². The van der Waals surface area contributed by atoms with Gasteiger partial charge in [0.1, 0.15) is 16.9 Å². The van der Waals surface area contributed by atoms with E-state index in [-0.39, 0.29) is 21.7 Å². The molecule has 0 radical (unpaired) electrons. The molecule has 0 saturated heterocycles. The van der Waals surface area contributed by atoms with Crippen molar-refractivity contribution in [1.82, 2.24) is 9.97 Å². The Morgan fingerprint density at radius 3 is 2.69 bits per heavy atom. The van der Waals surface area contributed by atoms with Gasteiger partial charge >= 0.3 is 18.0 Å². The first-order valence-electron chi connectivity index (χ1n) is 9.48. The maximum atomic E-state index is 12.4. The molecule has 32 heavy (non-hydrogen) atoms. The van der Waals surface area contributed by atoms with Gasteiger partial charge < -0.3 is 19.6 Å². The lowest BCUT2D eigenvalue weighted by Gasteiger charge is -2.14. The fourth-order valence-electron chi connectivity index (χ4n) is 2.38. The highest BCUT2D eigenvalue weighted by atomic mass is 32.1. The lowest BCUT2D eigenvalue weighted by molar-refractivity contribution is 0.0690. The Morgan fingerprint density at radius 2 is 2.00 bits per heavy atom. The molecule has 0 fully saturated rings. The van der Waals surface area contributed by atoms with Crippen LogP contribution in [0.3, 0.4) is 0 Å². The van der Waals surface area contributed by atoms with Gasteiger partial charge in [0.15, 0.2) is 10.8 Å². The zero-order valence-electron chi connectivity index (χ0n) is 17.5. The number of anilines is 3. The first kappa shape index (κ1) is 22.7. The van der Waals surface area contributed by atoms with Crippen molar-refractivity contribution < 1.29 is 28.6 Å². The van der Waals surface area contributed by atoms with Crippen LogP contribution in [0.2, 0.25) is 0 Å². The van der Waals surface area contributed by atoms with Crippen molar-refractivity contribution in [2.24, 2.45) is 5.92 Å². The normalized spacial score (nSPS) is 10.6. The fourth-order valence-corrected chi connectivity index (χ4v) is 3.09. The van der Waals surface area contributed by atoms with Gasteiger partial charge in [0.2, 0.25) is 0 Å². The van der Waals surface area contributed by atoms with Crippen molar-refractivity contribution in [3.8, 4) is 5.75 Å². The van der Waals surface area contributed by atoms with Crippen molar-refractivity contribution >= 4 is 46.1 Å². The summed E-state index contributed by atoms with van der Waals surface area (Å²) >= 11 is 0.921. The van der Waals surface area contributed by atoms with Gasteiger partial charge in [0.25, 0.3) is 5.91 Å². The molecule has 0 aliphatic carbocycles. The number of carboxylic acid groups (broad SMARTS) is 1. The quantitative estimate of drug-likeness (QED) is 0.393. The average Bonchev–Trinajstić information content (AvgIpc) is 3.38. The Hall–Kier alpha value is -3.93. The molecule has 1 aromatic carbocycles. The molecule has 0 saturated carbocycles. The third-order valence-corrected chi connectivity index (χ3v) is 4.76. The second kappa shape index (κ2) is 9.92. The predicted molar refractivity (Wildman–Crippen MR) is 118 cm³/mol. The van der Waals surface area contributed by atoms with Crippen LogP contribution in [0, 0.1) is 12.8 Å². The number of nitrogens with one attached hydrogen (secondary N) is 3. The number of rotatable bonds is 8. The van der Waals surface area contributed by atoms with Crippen LogP contribution in [0.4, 0.5) is 21.6 Å². The first-order valence-corrected chi connectivity index (χ1v) is 10.3. The third-order valence-electron chi connectivity index (χ3n) is 3.85. The molecule has 0 aliphatic rings. The van der Waals surface area contributed by atoms with Crippen LogP contribution in [0.1, 0.15) is 39.6 Å². The number of nitrogens with zero attached hydrogens (tertiary/aromatic N) is 2. The highest BCUT2D eigenvalue weighted by Gasteiger charge is 2.17. The van der Waals surface area contributed by atoms with Gasteiger partial charge in [0.05, 0.1) is 18.5 Å². The molecule has 12 heteroatoms. The lowest BCUT2D eigenvalue weighted by Crippen LogP contribution is -2.20. The molecule has 0 bridgehead atoms. The number of carbonyl (C=O) groups is 3. The molecule has 2 heterocycles. The maximum Gasteiger partial charge on any atom is 0.357 e. The minimum absolute atomic E-state index is 0.159. The van der Waals surface area contributed by atoms with Gasteiger partial charge in [-0.15, -0.1) is 0 Å². The Labute approximate surface area is 186 Å². The molecular formula is C20H21N5O6S. The number of aromatic nitrogens is 2. The van der Waals surface area contributed by atoms with Crippen molar-refractivity contribution in [3.05, 3.63) is 46.8 Å². The summed E-state index contributed by atoms with van der Waals surface area (Å²) in [7, 11) is 0. The van der Waals surface area contributed by atoms with E-state index >= 15 is 0 Å². The van der Waals surface area contributed by atoms with E-state index in [2.05, 4.69) is 25.9 Å². The summed E-state index contributed by atoms with van der Waals surface area (Å²) in [4.78, 5) is 43.2. The number of amides is 3. The van der Waals surface area contributed by atoms with Gasteiger partial charge in [-0.25, -0.2) is 14.6 Å². The molecule has 3 amide bonds. The summed E-state index contributed by atoms with van der Waals surface area (Å²) in [5.41, 5.74) is 1.16. The van der Waals surface area contributed by atoms with Gasteiger partial charge in [-0.3, -0.25) is 15.4 Å². The maximum absolute atomic E-state index is 12.4. The summed E-state index contributed by atoms with van der Waals surface area (Å²) < 4.78 is 10.7. The number of aromatic carboxylic acids is 1. The largest absolute Gasteiger partial charge is 0.491 e. The van der Waals surface area contributed by atoms with Crippen molar-refractivity contribution in [2.45, 2.75) is 20.8 Å². The van der Waals surface area contributed by atoms with E-state index in [9.17, 15) is 14.4 Å². The first-order chi connectivity index (χ1) is 15.2. The molecule has 3 rings (SSSR count). The second-order valence-electron chi connectivity index (χ2n) is 7.11. The standard InChI is InChI=1S/C20H21N5O6S/c1-10(2)8-30-14-6-11(3)4-5-12(14)22-18(29)25-20-21-7-15(32-20)16(26)24-19-23-13(9-31-19)17(27)28/h4-7,9-10H,8H2,1-3H3,(H,27,28)(H,23,24,26)(H2,21,22,25,29). The molecule has 2 aromatic heterocycles. The van der Waals surface area contributed by atoms with Crippen LogP contribution >= 0.6 is 11.3 Å². The summed E-state index contributed by atoms with van der Waals surface area (Å²) in [5.74, 6) is -1.02. The SMILES string of the molecule is Cc1ccc(NC(=O)Nc2ncc(C(=O)Nc3nc(C(=O)O)co3)s2)c(OCC(C)C)c1. The topological polar surface area (TPSA) is 156 Å². The van der Waals surface area contributed by atoms with Crippen LogP contribution in [0.15, 0.2) is 35.1 Å². The Bertz CT molecular complexity index is 1140. The van der Waals surface area contributed by atoms with Gasteiger partial charge in [-0.2, -0.15) is 4.98 Å².